The van der Waals surface area contributed by atoms with Crippen molar-refractivity contribution >= 4 is 45.9 Å². The van der Waals surface area contributed by atoms with Crippen LogP contribution in [0.15, 0.2) is 12.2 Å². The minimum absolute atomic E-state index is 0. The van der Waals surface area contributed by atoms with E-state index in [0.717, 1.165) is 19.3 Å². The van der Waals surface area contributed by atoms with Gasteiger partial charge in [-0.05, 0) is 38.5 Å². The van der Waals surface area contributed by atoms with Crippen LogP contribution in [0.2, 0.25) is 0 Å². The van der Waals surface area contributed by atoms with Crippen molar-refractivity contribution in [2.45, 2.75) is 194 Å². The van der Waals surface area contributed by atoms with Gasteiger partial charge in [0.15, 0.2) is 0 Å². The second-order valence-electron chi connectivity index (χ2n) is 11.6. The quantitative estimate of drug-likeness (QED) is 0.0270. The van der Waals surface area contributed by atoms with Gasteiger partial charge >= 0.3 is 45.9 Å². The van der Waals surface area contributed by atoms with E-state index in [1.165, 1.54) is 154 Å². The van der Waals surface area contributed by atoms with Crippen molar-refractivity contribution in [1.82, 2.24) is 0 Å². The second kappa shape index (κ2) is 39.1. The van der Waals surface area contributed by atoms with E-state index >= 15 is 0 Å². The maximum absolute atomic E-state index is 11.9. The van der Waals surface area contributed by atoms with Gasteiger partial charge in [-0.3, -0.25) is 13.9 Å². The summed E-state index contributed by atoms with van der Waals surface area (Å²) >= 11 is 0. The topological polar surface area (TPSA) is 101 Å². The van der Waals surface area contributed by atoms with Crippen molar-refractivity contribution in [1.29, 1.82) is 0 Å². The van der Waals surface area contributed by atoms with Gasteiger partial charge in [0.25, 0.3) is 0 Å². The minimum atomic E-state index is -4.67. The third-order valence-corrected chi connectivity index (χ3v) is 7.40. The Labute approximate surface area is 283 Å². The molecule has 0 heterocycles. The molecule has 248 valence electrons. The summed E-state index contributed by atoms with van der Waals surface area (Å²) in [7, 11) is -4.67. The van der Waals surface area contributed by atoms with Crippen molar-refractivity contribution in [3.8, 4) is 0 Å². The molecule has 0 spiro atoms. The van der Waals surface area contributed by atoms with E-state index in [0.29, 0.717) is 13.0 Å². The molecule has 0 aliphatic carbocycles. The average molecular weight is 629 g/mol. The Morgan fingerprint density at radius 1 is 0.524 bits per heavy atom. The molecule has 6 nitrogen and oxygen atoms in total. The third-order valence-electron chi connectivity index (χ3n) is 7.40. The first-order valence-electron chi connectivity index (χ1n) is 17.3. The zero-order valence-corrected chi connectivity index (χ0v) is 27.9. The molecule has 0 aromatic rings. The normalized spacial score (nSPS) is 11.2. The molecule has 0 radical (unpaired) electrons. The summed E-state index contributed by atoms with van der Waals surface area (Å²) in [5.41, 5.74) is 0. The molecule has 42 heavy (non-hydrogen) atoms. The van der Waals surface area contributed by atoms with Crippen molar-refractivity contribution < 1.29 is 27.1 Å². The van der Waals surface area contributed by atoms with Crippen molar-refractivity contribution in [2.75, 3.05) is 6.61 Å². The fourth-order valence-corrected chi connectivity index (χ4v) is 4.89. The molecular formula is C34H69NaO6S. The van der Waals surface area contributed by atoms with Gasteiger partial charge in [0.2, 0.25) is 0 Å². The van der Waals surface area contributed by atoms with E-state index in [4.69, 9.17) is 22.3 Å². The first-order chi connectivity index (χ1) is 19.8. The molecule has 2 N–H and O–H groups in total. The predicted octanol–water partition coefficient (Wildman–Crippen LogP) is 10.7. The molecule has 0 amide bonds. The number of esters is 1. The fourth-order valence-electron chi connectivity index (χ4n) is 4.89. The van der Waals surface area contributed by atoms with E-state index < -0.39 is 10.4 Å². The van der Waals surface area contributed by atoms with Crippen molar-refractivity contribution in [3.05, 3.63) is 12.2 Å². The molecule has 0 bridgehead atoms. The Bertz CT molecular complexity index is 646. The van der Waals surface area contributed by atoms with E-state index in [9.17, 15) is 4.79 Å². The van der Waals surface area contributed by atoms with E-state index in [1.807, 2.05) is 0 Å². The molecule has 0 saturated carbocycles. The molecule has 0 unspecified atom stereocenters. The van der Waals surface area contributed by atoms with Gasteiger partial charge < -0.3 is 4.74 Å². The second-order valence-corrected chi connectivity index (χ2v) is 12.5. The fraction of sp³-hybridized carbons (Fsp3) is 0.912. The average Bonchev–Trinajstić information content (AvgIpc) is 2.92. The summed E-state index contributed by atoms with van der Waals surface area (Å²) in [5.74, 6) is 0.0160. The Morgan fingerprint density at radius 3 is 1.17 bits per heavy atom. The number of hydrogen-bond donors (Lipinski definition) is 2. The molecule has 0 aromatic carbocycles. The molecule has 0 rings (SSSR count). The molecule has 0 atom stereocenters. The Hall–Kier alpha value is 0.0800. The summed E-state index contributed by atoms with van der Waals surface area (Å²) in [5, 5.41) is 0. The van der Waals surface area contributed by atoms with Gasteiger partial charge in [-0.25, -0.2) is 0 Å². The van der Waals surface area contributed by atoms with E-state index in [1.54, 1.807) is 0 Å². The molecule has 0 aliphatic rings. The SMILES string of the molecule is CCCCCCCC/C=C\CCCCCCCC(=O)OCCCCCCCCCCCCCCCC.O=S(=O)(O)O.[NaH]. The van der Waals surface area contributed by atoms with Crippen LogP contribution in [-0.2, 0) is 19.9 Å². The molecular weight excluding hydrogens is 559 g/mol. The van der Waals surface area contributed by atoms with Gasteiger partial charge in [0, 0.05) is 6.42 Å². The van der Waals surface area contributed by atoms with Crippen LogP contribution in [0.5, 0.6) is 0 Å². The summed E-state index contributed by atoms with van der Waals surface area (Å²) in [4.78, 5) is 11.9. The standard InChI is InChI=1S/C34H66O2.Na.H2O4S.H/c1-3-5-7-9-11-13-15-17-19-20-22-24-26-28-30-32-34(35)36-33-31-29-27-25-23-21-18-16-14-12-10-8-6-4-2;;1-5(2,3)4;/h17,19H,3-16,18,20-33H2,1-2H3;;(H2,1,2,3,4);/b19-17-;;;. The van der Waals surface area contributed by atoms with Crippen molar-refractivity contribution in [3.63, 3.8) is 0 Å². The molecule has 0 saturated heterocycles. The molecule has 8 heteroatoms. The van der Waals surface area contributed by atoms with E-state index in [2.05, 4.69) is 26.0 Å². The summed E-state index contributed by atoms with van der Waals surface area (Å²) in [6.07, 6.45) is 41.2. The number of carbonyl (C=O) groups is 1. The maximum atomic E-state index is 11.9. The zero-order chi connectivity index (χ0) is 30.7. The first-order valence-corrected chi connectivity index (χ1v) is 18.7. The number of carbonyl (C=O) groups excluding carboxylic acids is 1. The van der Waals surface area contributed by atoms with Crippen LogP contribution in [-0.4, -0.2) is 59.7 Å². The van der Waals surface area contributed by atoms with E-state index in [-0.39, 0.29) is 35.5 Å². The predicted molar refractivity (Wildman–Crippen MR) is 182 cm³/mol. The van der Waals surface area contributed by atoms with Gasteiger partial charge in [0.1, 0.15) is 0 Å². The number of allylic oxidation sites excluding steroid dienone is 2. The van der Waals surface area contributed by atoms with Gasteiger partial charge in [-0.1, -0.05) is 161 Å². The zero-order valence-electron chi connectivity index (χ0n) is 27.1. The van der Waals surface area contributed by atoms with Gasteiger partial charge in [-0.15, -0.1) is 0 Å². The number of rotatable bonds is 30. The van der Waals surface area contributed by atoms with Gasteiger partial charge in [-0.2, -0.15) is 8.42 Å². The van der Waals surface area contributed by atoms with Crippen LogP contribution in [0.3, 0.4) is 0 Å². The van der Waals surface area contributed by atoms with Crippen LogP contribution in [0, 0.1) is 0 Å². The van der Waals surface area contributed by atoms with Crippen LogP contribution in [0.1, 0.15) is 194 Å². The van der Waals surface area contributed by atoms with Crippen LogP contribution in [0.4, 0.5) is 0 Å². The van der Waals surface area contributed by atoms with Crippen LogP contribution >= 0.6 is 0 Å². The van der Waals surface area contributed by atoms with Crippen LogP contribution < -0.4 is 0 Å². The molecule has 0 fully saturated rings. The van der Waals surface area contributed by atoms with Crippen molar-refractivity contribution in [2.24, 2.45) is 0 Å². The molecule has 0 aliphatic heterocycles. The Balaban J connectivity index is -0.00000232. The number of ether oxygens (including phenoxy) is 1. The van der Waals surface area contributed by atoms with Gasteiger partial charge in [0.05, 0.1) is 6.61 Å². The number of hydrogen-bond acceptors (Lipinski definition) is 4. The Morgan fingerprint density at radius 2 is 0.810 bits per heavy atom. The summed E-state index contributed by atoms with van der Waals surface area (Å²) < 4.78 is 37.0. The third kappa shape index (κ3) is 52.7. The summed E-state index contributed by atoms with van der Waals surface area (Å²) in [6, 6.07) is 0. The Kier molecular flexibility index (Phi) is 43.3. The monoisotopic (exact) mass is 628 g/mol. The van der Waals surface area contributed by atoms with Crippen LogP contribution in [0.25, 0.3) is 0 Å². The summed E-state index contributed by atoms with van der Waals surface area (Å²) in [6.45, 7) is 5.19. The first kappa shape index (κ1) is 46.5. The number of unbranched alkanes of at least 4 members (excludes halogenated alkanes) is 24. The molecule has 0 aromatic heterocycles.